The van der Waals surface area contributed by atoms with Crippen molar-refractivity contribution in [1.29, 1.82) is 0 Å². The molecule has 1 fully saturated rings. The largest absolute Gasteiger partial charge is 0.508 e. The minimum atomic E-state index is -1.72. The van der Waals surface area contributed by atoms with Gasteiger partial charge in [0.2, 0.25) is 6.29 Å². The summed E-state index contributed by atoms with van der Waals surface area (Å²) >= 11 is 0. The van der Waals surface area contributed by atoms with Crippen molar-refractivity contribution in [2.75, 3.05) is 13.7 Å². The lowest BCUT2D eigenvalue weighted by molar-refractivity contribution is -0.277. The van der Waals surface area contributed by atoms with Gasteiger partial charge in [0.05, 0.1) is 13.7 Å². The number of ether oxygens (including phenoxy) is 3. The van der Waals surface area contributed by atoms with Crippen LogP contribution < -0.4 is 4.74 Å². The smallest absolute Gasteiger partial charge is 0.345 e. The third-order valence-electron chi connectivity index (χ3n) is 3.55. The van der Waals surface area contributed by atoms with Crippen LogP contribution in [0.5, 0.6) is 17.2 Å². The van der Waals surface area contributed by atoms with Crippen molar-refractivity contribution in [1.82, 2.24) is 0 Å². The Bertz CT molecular complexity index is 601. The number of phenolic OH excluding ortho intramolecular Hbond substituents is 2. The molecule has 6 N–H and O–H groups in total. The van der Waals surface area contributed by atoms with Crippen molar-refractivity contribution >= 4 is 5.97 Å². The number of aromatic hydroxyl groups is 2. The number of hydrogen-bond acceptors (Lipinski definition) is 10. The molecule has 0 aromatic heterocycles. The molecule has 5 unspecified atom stereocenters. The lowest BCUT2D eigenvalue weighted by Crippen LogP contribution is -2.60. The Kier molecular flexibility index (Phi) is 5.47. The first kappa shape index (κ1) is 18.2. The van der Waals surface area contributed by atoms with Crippen molar-refractivity contribution in [2.45, 2.75) is 30.7 Å². The zero-order valence-electron chi connectivity index (χ0n) is 12.6. The molecule has 10 nitrogen and oxygen atoms in total. The number of carbonyl (C=O) groups is 1. The average Bonchev–Trinajstić information content (AvgIpc) is 2.54. The van der Waals surface area contributed by atoms with E-state index in [2.05, 4.69) is 4.74 Å². The zero-order valence-corrected chi connectivity index (χ0v) is 12.6. The summed E-state index contributed by atoms with van der Waals surface area (Å²) in [6.45, 7) is -0.667. The lowest BCUT2D eigenvalue weighted by Gasteiger charge is -2.39. The molecule has 24 heavy (non-hydrogen) atoms. The second-order valence-electron chi connectivity index (χ2n) is 5.14. The third kappa shape index (κ3) is 3.37. The number of hydrogen-bond donors (Lipinski definition) is 6. The monoisotopic (exact) mass is 346 g/mol. The summed E-state index contributed by atoms with van der Waals surface area (Å²) in [5.74, 6) is -2.45. The van der Waals surface area contributed by atoms with Gasteiger partial charge in [-0.15, -0.1) is 0 Å². The normalized spacial score (nSPS) is 30.0. The van der Waals surface area contributed by atoms with Crippen LogP contribution in [0.25, 0.3) is 0 Å². The standard InChI is InChI=1S/C14H18O10/c1-22-13(21)9-6(17)2-5(16)3-7(9)23-14-12(20)11(19)10(18)8(4-15)24-14/h2-3,8,10-12,14-20H,4H2,1H3. The number of esters is 1. The number of carbonyl (C=O) groups excluding carboxylic acids is 1. The fraction of sp³-hybridized carbons (Fsp3) is 0.500. The number of benzene rings is 1. The van der Waals surface area contributed by atoms with E-state index in [1.807, 2.05) is 0 Å². The summed E-state index contributed by atoms with van der Waals surface area (Å²) in [4.78, 5) is 11.7. The van der Waals surface area contributed by atoms with E-state index in [1.165, 1.54) is 0 Å². The van der Waals surface area contributed by atoms with E-state index < -0.39 is 60.3 Å². The number of aliphatic hydroxyl groups is 4. The van der Waals surface area contributed by atoms with Crippen LogP contribution in [-0.2, 0) is 9.47 Å². The highest BCUT2D eigenvalue weighted by molar-refractivity contribution is 5.95. The molecule has 10 heteroatoms. The molecule has 134 valence electrons. The van der Waals surface area contributed by atoms with Gasteiger partial charge in [-0.1, -0.05) is 0 Å². The summed E-state index contributed by atoms with van der Waals surface area (Å²) in [6, 6.07) is 1.85. The molecule has 0 saturated carbocycles. The number of aliphatic hydroxyl groups excluding tert-OH is 4. The Morgan fingerprint density at radius 1 is 1.17 bits per heavy atom. The summed E-state index contributed by atoms with van der Waals surface area (Å²) in [5, 5.41) is 57.8. The predicted octanol–water partition coefficient (Wildman–Crippen LogP) is -1.94. The second kappa shape index (κ2) is 7.20. The van der Waals surface area contributed by atoms with Crippen molar-refractivity contribution in [3.63, 3.8) is 0 Å². The van der Waals surface area contributed by atoms with Gasteiger partial charge in [0, 0.05) is 12.1 Å². The Morgan fingerprint density at radius 3 is 2.42 bits per heavy atom. The van der Waals surface area contributed by atoms with E-state index in [1.54, 1.807) is 0 Å². The quantitative estimate of drug-likeness (QED) is 0.338. The highest BCUT2D eigenvalue weighted by atomic mass is 16.7. The Labute approximate surface area is 136 Å². The highest BCUT2D eigenvalue weighted by Crippen LogP contribution is 2.35. The number of rotatable bonds is 4. The molecule has 1 aromatic rings. The lowest BCUT2D eigenvalue weighted by atomic mass is 9.99. The molecular weight excluding hydrogens is 328 g/mol. The molecule has 1 aromatic carbocycles. The first-order valence-corrected chi connectivity index (χ1v) is 6.91. The van der Waals surface area contributed by atoms with E-state index in [0.29, 0.717) is 0 Å². The van der Waals surface area contributed by atoms with Gasteiger partial charge in [-0.3, -0.25) is 0 Å². The fourth-order valence-electron chi connectivity index (χ4n) is 2.28. The van der Waals surface area contributed by atoms with Gasteiger partial charge in [-0.25, -0.2) is 4.79 Å². The van der Waals surface area contributed by atoms with Crippen LogP contribution in [0.2, 0.25) is 0 Å². The van der Waals surface area contributed by atoms with Crippen molar-refractivity contribution < 1.29 is 49.6 Å². The number of methoxy groups -OCH3 is 1. The van der Waals surface area contributed by atoms with Gasteiger partial charge in [0.15, 0.2) is 0 Å². The van der Waals surface area contributed by atoms with Gasteiger partial charge in [0.25, 0.3) is 0 Å². The molecule has 2 rings (SSSR count). The Hall–Kier alpha value is -2.11. The summed E-state index contributed by atoms with van der Waals surface area (Å²) < 4.78 is 14.9. The molecule has 1 heterocycles. The number of phenols is 2. The van der Waals surface area contributed by atoms with Crippen LogP contribution in [0.15, 0.2) is 12.1 Å². The Morgan fingerprint density at radius 2 is 1.83 bits per heavy atom. The van der Waals surface area contributed by atoms with E-state index >= 15 is 0 Å². The van der Waals surface area contributed by atoms with Crippen LogP contribution in [0.1, 0.15) is 10.4 Å². The van der Waals surface area contributed by atoms with Crippen LogP contribution in [0.3, 0.4) is 0 Å². The van der Waals surface area contributed by atoms with Gasteiger partial charge < -0.3 is 44.8 Å². The van der Waals surface area contributed by atoms with Crippen LogP contribution in [-0.4, -0.2) is 81.0 Å². The van der Waals surface area contributed by atoms with E-state index in [9.17, 15) is 30.3 Å². The zero-order chi connectivity index (χ0) is 18.0. The fourth-order valence-corrected chi connectivity index (χ4v) is 2.28. The first-order valence-electron chi connectivity index (χ1n) is 6.91. The minimum absolute atomic E-state index is 0.385. The summed E-state index contributed by atoms with van der Waals surface area (Å²) in [6.07, 6.45) is -7.81. The molecule has 1 aliphatic rings. The van der Waals surface area contributed by atoms with Gasteiger partial charge in [-0.05, 0) is 0 Å². The maximum Gasteiger partial charge on any atom is 0.345 e. The molecule has 1 saturated heterocycles. The SMILES string of the molecule is COC(=O)c1c(O)cc(O)cc1OC1OC(CO)C(O)C(O)C1O. The molecule has 0 radical (unpaired) electrons. The molecule has 0 bridgehead atoms. The van der Waals surface area contributed by atoms with Crippen LogP contribution in [0.4, 0.5) is 0 Å². The van der Waals surface area contributed by atoms with E-state index in [-0.39, 0.29) is 5.75 Å². The summed E-state index contributed by atoms with van der Waals surface area (Å²) in [5.41, 5.74) is -0.438. The second-order valence-corrected chi connectivity index (χ2v) is 5.14. The van der Waals surface area contributed by atoms with E-state index in [0.717, 1.165) is 19.2 Å². The molecular formula is C14H18O10. The van der Waals surface area contributed by atoms with E-state index in [4.69, 9.17) is 14.6 Å². The molecule has 0 aliphatic carbocycles. The molecule has 5 atom stereocenters. The van der Waals surface area contributed by atoms with Crippen molar-refractivity contribution in [3.05, 3.63) is 17.7 Å². The van der Waals surface area contributed by atoms with Crippen molar-refractivity contribution in [2.24, 2.45) is 0 Å². The predicted molar refractivity (Wildman–Crippen MR) is 75.5 cm³/mol. The van der Waals surface area contributed by atoms with Gasteiger partial charge >= 0.3 is 5.97 Å². The first-order chi connectivity index (χ1) is 11.3. The van der Waals surface area contributed by atoms with Crippen LogP contribution >= 0.6 is 0 Å². The van der Waals surface area contributed by atoms with Crippen molar-refractivity contribution in [3.8, 4) is 17.2 Å². The topological polar surface area (TPSA) is 166 Å². The maximum atomic E-state index is 11.7. The third-order valence-corrected chi connectivity index (χ3v) is 3.55. The summed E-state index contributed by atoms with van der Waals surface area (Å²) in [7, 11) is 1.06. The Balaban J connectivity index is 2.34. The maximum absolute atomic E-state index is 11.7. The van der Waals surface area contributed by atoms with Gasteiger partial charge in [0.1, 0.15) is 47.2 Å². The molecule has 0 amide bonds. The van der Waals surface area contributed by atoms with Crippen LogP contribution in [0, 0.1) is 0 Å². The van der Waals surface area contributed by atoms with Gasteiger partial charge in [-0.2, -0.15) is 0 Å². The molecule has 0 spiro atoms. The highest BCUT2D eigenvalue weighted by Gasteiger charge is 2.45. The average molecular weight is 346 g/mol. The molecule has 1 aliphatic heterocycles. The minimum Gasteiger partial charge on any atom is -0.508 e.